The molecule has 0 unspecified atom stereocenters. The van der Waals surface area contributed by atoms with Gasteiger partial charge in [-0.1, -0.05) is 35.9 Å². The summed E-state index contributed by atoms with van der Waals surface area (Å²) in [6, 6.07) is 17.2. The van der Waals surface area contributed by atoms with Crippen LogP contribution < -0.4 is 10.2 Å². The summed E-state index contributed by atoms with van der Waals surface area (Å²) < 4.78 is 13.8. The van der Waals surface area contributed by atoms with E-state index < -0.39 is 17.6 Å². The molecule has 2 amide bonds. The Hall–Kier alpha value is -3.73. The Kier molecular flexibility index (Phi) is 5.19. The van der Waals surface area contributed by atoms with Crippen LogP contribution in [0.3, 0.4) is 0 Å². The molecule has 0 saturated heterocycles. The molecule has 4 nitrogen and oxygen atoms in total. The number of hydrogen-bond acceptors (Lipinski definition) is 3. The number of carbonyl (C=O) groups excluding carboxylic acids is 2. The number of nitrogens with zero attached hydrogens (tertiary/aromatic N) is 1. The summed E-state index contributed by atoms with van der Waals surface area (Å²) in [5.41, 5.74) is 5.88. The van der Waals surface area contributed by atoms with E-state index in [-0.39, 0.29) is 11.3 Å². The summed E-state index contributed by atoms with van der Waals surface area (Å²) in [5.74, 6) is -1.29. The fraction of sp³-hybridized carbons (Fsp3) is 0.154. The average molecular weight is 414 g/mol. The zero-order valence-electron chi connectivity index (χ0n) is 17.9. The smallest absolute Gasteiger partial charge is 0.282 e. The minimum absolute atomic E-state index is 0.140. The van der Waals surface area contributed by atoms with E-state index in [1.807, 2.05) is 64.1 Å². The molecule has 1 heterocycles. The van der Waals surface area contributed by atoms with Crippen LogP contribution >= 0.6 is 0 Å². The van der Waals surface area contributed by atoms with Gasteiger partial charge in [0.05, 0.1) is 11.3 Å². The summed E-state index contributed by atoms with van der Waals surface area (Å²) in [6.07, 6.45) is 0. The van der Waals surface area contributed by atoms with E-state index in [0.717, 1.165) is 22.3 Å². The van der Waals surface area contributed by atoms with Crippen molar-refractivity contribution in [3.05, 3.63) is 100.0 Å². The lowest BCUT2D eigenvalue weighted by Crippen LogP contribution is -2.32. The quantitative estimate of drug-likeness (QED) is 0.577. The van der Waals surface area contributed by atoms with Crippen molar-refractivity contribution in [2.45, 2.75) is 27.7 Å². The van der Waals surface area contributed by atoms with Crippen LogP contribution in [0.15, 0.2) is 66.4 Å². The molecule has 1 N–H and O–H groups in total. The third kappa shape index (κ3) is 3.87. The number of halogens is 1. The molecule has 3 aromatic carbocycles. The van der Waals surface area contributed by atoms with Crippen LogP contribution in [0.1, 0.15) is 27.8 Å². The lowest BCUT2D eigenvalue weighted by Gasteiger charge is -2.17. The number of anilines is 2. The monoisotopic (exact) mass is 414 g/mol. The van der Waals surface area contributed by atoms with Crippen LogP contribution in [0, 0.1) is 33.5 Å². The molecule has 0 radical (unpaired) electrons. The molecule has 0 saturated carbocycles. The number of benzene rings is 3. The first kappa shape index (κ1) is 20.5. The van der Waals surface area contributed by atoms with Gasteiger partial charge in [-0.25, -0.2) is 9.29 Å². The van der Waals surface area contributed by atoms with Gasteiger partial charge in [0.1, 0.15) is 11.5 Å². The molecule has 1 aliphatic heterocycles. The molecule has 0 fully saturated rings. The lowest BCUT2D eigenvalue weighted by molar-refractivity contribution is -0.120. The zero-order chi connectivity index (χ0) is 22.3. The summed E-state index contributed by atoms with van der Waals surface area (Å²) >= 11 is 0. The summed E-state index contributed by atoms with van der Waals surface area (Å²) in [7, 11) is 0. The first-order valence-electron chi connectivity index (χ1n) is 10.1. The molecule has 156 valence electrons. The minimum atomic E-state index is -0.464. The van der Waals surface area contributed by atoms with Gasteiger partial charge in [-0.3, -0.25) is 9.59 Å². The third-order valence-electron chi connectivity index (χ3n) is 5.29. The van der Waals surface area contributed by atoms with Crippen molar-refractivity contribution in [3.63, 3.8) is 0 Å². The van der Waals surface area contributed by atoms with Gasteiger partial charge in [0, 0.05) is 5.69 Å². The van der Waals surface area contributed by atoms with Crippen LogP contribution in [-0.2, 0) is 9.59 Å². The molecule has 0 bridgehead atoms. The number of aryl methyl sites for hydroxylation is 4. The van der Waals surface area contributed by atoms with E-state index in [9.17, 15) is 14.0 Å². The molecular weight excluding hydrogens is 391 g/mol. The molecule has 0 atom stereocenters. The van der Waals surface area contributed by atoms with Crippen LogP contribution in [0.25, 0.3) is 5.57 Å². The first-order chi connectivity index (χ1) is 14.7. The van der Waals surface area contributed by atoms with Crippen LogP contribution in [0.5, 0.6) is 0 Å². The molecule has 3 aromatic rings. The number of hydrogen-bond donors (Lipinski definition) is 1. The Bertz CT molecular complexity index is 1240. The normalized spacial score (nSPS) is 13.9. The van der Waals surface area contributed by atoms with Crippen molar-refractivity contribution < 1.29 is 14.0 Å². The summed E-state index contributed by atoms with van der Waals surface area (Å²) in [4.78, 5) is 28.2. The van der Waals surface area contributed by atoms with Crippen molar-refractivity contribution in [3.8, 4) is 0 Å². The molecule has 1 aliphatic rings. The molecule has 0 aromatic heterocycles. The van der Waals surface area contributed by atoms with Crippen LogP contribution in [-0.4, -0.2) is 11.8 Å². The second-order valence-corrected chi connectivity index (χ2v) is 8.00. The fourth-order valence-corrected chi connectivity index (χ4v) is 4.01. The first-order valence-corrected chi connectivity index (χ1v) is 10.1. The van der Waals surface area contributed by atoms with Crippen molar-refractivity contribution in [2.75, 3.05) is 10.2 Å². The van der Waals surface area contributed by atoms with Gasteiger partial charge in [0.25, 0.3) is 11.8 Å². The summed E-state index contributed by atoms with van der Waals surface area (Å²) in [6.45, 7) is 7.73. The van der Waals surface area contributed by atoms with E-state index in [4.69, 9.17) is 0 Å². The van der Waals surface area contributed by atoms with E-state index in [1.165, 1.54) is 17.0 Å². The van der Waals surface area contributed by atoms with Gasteiger partial charge in [-0.2, -0.15) is 0 Å². The summed E-state index contributed by atoms with van der Waals surface area (Å²) in [5, 5.41) is 3.01. The van der Waals surface area contributed by atoms with Crippen LogP contribution in [0.2, 0.25) is 0 Å². The highest BCUT2D eigenvalue weighted by molar-refractivity contribution is 6.46. The average Bonchev–Trinajstić information content (AvgIpc) is 2.91. The Balaban J connectivity index is 1.88. The molecule has 0 spiro atoms. The predicted octanol–water partition coefficient (Wildman–Crippen LogP) is 5.46. The van der Waals surface area contributed by atoms with E-state index in [0.29, 0.717) is 16.9 Å². The van der Waals surface area contributed by atoms with Gasteiger partial charge in [0.15, 0.2) is 0 Å². The van der Waals surface area contributed by atoms with Gasteiger partial charge >= 0.3 is 0 Å². The van der Waals surface area contributed by atoms with Gasteiger partial charge in [0.2, 0.25) is 0 Å². The fourth-order valence-electron chi connectivity index (χ4n) is 4.01. The maximum absolute atomic E-state index is 13.8. The minimum Gasteiger partial charge on any atom is -0.350 e. The molecule has 5 heteroatoms. The molecular formula is C26H23FN2O2. The van der Waals surface area contributed by atoms with Crippen molar-refractivity contribution >= 4 is 28.8 Å². The van der Waals surface area contributed by atoms with Gasteiger partial charge in [-0.15, -0.1) is 0 Å². The lowest BCUT2D eigenvalue weighted by atomic mass is 9.97. The van der Waals surface area contributed by atoms with E-state index >= 15 is 0 Å². The van der Waals surface area contributed by atoms with Crippen LogP contribution in [0.4, 0.5) is 15.8 Å². The van der Waals surface area contributed by atoms with Gasteiger partial charge in [-0.05, 0) is 80.3 Å². The highest BCUT2D eigenvalue weighted by Gasteiger charge is 2.40. The molecule has 31 heavy (non-hydrogen) atoms. The molecule has 4 rings (SSSR count). The highest BCUT2D eigenvalue weighted by atomic mass is 19.1. The number of carbonyl (C=O) groups is 2. The number of rotatable bonds is 4. The van der Waals surface area contributed by atoms with Crippen molar-refractivity contribution in [1.82, 2.24) is 0 Å². The SMILES string of the molecule is Cc1cc(C)cc(N2C(=O)C(Nc3cccc(F)c3)=C(c3ccc(C)cc3C)C2=O)c1. The topological polar surface area (TPSA) is 49.4 Å². The molecule has 0 aliphatic carbocycles. The van der Waals surface area contributed by atoms with Crippen molar-refractivity contribution in [2.24, 2.45) is 0 Å². The highest BCUT2D eigenvalue weighted by Crippen LogP contribution is 2.35. The Labute approximate surface area is 181 Å². The number of amides is 2. The Morgan fingerprint density at radius 1 is 0.774 bits per heavy atom. The second-order valence-electron chi connectivity index (χ2n) is 8.00. The van der Waals surface area contributed by atoms with Crippen molar-refractivity contribution in [1.29, 1.82) is 0 Å². The standard InChI is InChI=1S/C26H23FN2O2/c1-15-8-9-22(18(4)11-15)23-24(28-20-7-5-6-19(27)14-20)26(31)29(25(23)30)21-12-16(2)10-17(3)13-21/h5-14,28H,1-4H3. The van der Waals surface area contributed by atoms with E-state index in [1.54, 1.807) is 12.1 Å². The maximum atomic E-state index is 13.8. The number of nitrogens with one attached hydrogen (secondary N) is 1. The second kappa shape index (κ2) is 7.84. The van der Waals surface area contributed by atoms with E-state index in [2.05, 4.69) is 5.32 Å². The predicted molar refractivity (Wildman–Crippen MR) is 121 cm³/mol. The number of imide groups is 1. The zero-order valence-corrected chi connectivity index (χ0v) is 17.9. The largest absolute Gasteiger partial charge is 0.350 e. The maximum Gasteiger partial charge on any atom is 0.282 e. The van der Waals surface area contributed by atoms with Gasteiger partial charge < -0.3 is 5.32 Å². The Morgan fingerprint density at radius 2 is 1.48 bits per heavy atom. The Morgan fingerprint density at radius 3 is 2.13 bits per heavy atom. The third-order valence-corrected chi connectivity index (χ3v) is 5.29.